The Bertz CT molecular complexity index is 738. The molecule has 1 aliphatic heterocycles. The van der Waals surface area contributed by atoms with Gasteiger partial charge in [0.25, 0.3) is 5.91 Å². The van der Waals surface area contributed by atoms with Crippen molar-refractivity contribution in [1.29, 1.82) is 0 Å². The van der Waals surface area contributed by atoms with E-state index in [2.05, 4.69) is 10.3 Å². The number of nitrogens with zero attached hydrogens (tertiary/aromatic N) is 4. The molecule has 1 aromatic carbocycles. The van der Waals surface area contributed by atoms with E-state index in [0.29, 0.717) is 18.0 Å². The van der Waals surface area contributed by atoms with E-state index in [0.717, 1.165) is 0 Å². The van der Waals surface area contributed by atoms with Gasteiger partial charge in [-0.1, -0.05) is 11.3 Å². The molecule has 1 amide bonds. The minimum absolute atomic E-state index is 0.0973. The van der Waals surface area contributed by atoms with Gasteiger partial charge in [-0.25, -0.2) is 13.5 Å². The molecule has 1 aromatic heterocycles. The summed E-state index contributed by atoms with van der Waals surface area (Å²) in [6, 6.07) is 6.45. The fourth-order valence-corrected chi connectivity index (χ4v) is 2.71. The van der Waals surface area contributed by atoms with Crippen LogP contribution >= 0.6 is 0 Å². The number of benzene rings is 1. The number of ether oxygens (including phenoxy) is 2. The lowest BCUT2D eigenvalue weighted by Gasteiger charge is -2.34. The third kappa shape index (κ3) is 3.93. The summed E-state index contributed by atoms with van der Waals surface area (Å²) in [7, 11) is 1.55. The summed E-state index contributed by atoms with van der Waals surface area (Å²) in [6.45, 7) is 0.665. The summed E-state index contributed by atoms with van der Waals surface area (Å²) in [6.07, 6.45) is -1.45. The molecule has 0 aliphatic carbocycles. The monoisotopic (exact) mass is 352 g/mol. The number of aromatic nitrogens is 3. The van der Waals surface area contributed by atoms with Gasteiger partial charge in [0, 0.05) is 19.0 Å². The van der Waals surface area contributed by atoms with Gasteiger partial charge < -0.3 is 14.4 Å². The normalized spacial score (nSPS) is 17.8. The number of morpholine rings is 1. The van der Waals surface area contributed by atoms with Crippen molar-refractivity contribution in [3.05, 3.63) is 36.2 Å². The van der Waals surface area contributed by atoms with Crippen LogP contribution in [0.3, 0.4) is 0 Å². The van der Waals surface area contributed by atoms with E-state index >= 15 is 0 Å². The van der Waals surface area contributed by atoms with Crippen molar-refractivity contribution in [2.24, 2.45) is 0 Å². The van der Waals surface area contributed by atoms with Crippen LogP contribution in [0.2, 0.25) is 0 Å². The average Bonchev–Trinajstić information content (AvgIpc) is 3.11. The van der Waals surface area contributed by atoms with Gasteiger partial charge in [0.15, 0.2) is 5.69 Å². The highest BCUT2D eigenvalue weighted by molar-refractivity contribution is 5.92. The highest BCUT2D eigenvalue weighted by Crippen LogP contribution is 2.19. The number of amides is 1. The Hall–Kier alpha value is -2.55. The number of rotatable bonds is 5. The number of carbonyl (C=O) groups is 1. The SMILES string of the molecule is COc1cccc(-n2cc(C(=O)N3CCOCC3CC(F)F)nn2)c1. The lowest BCUT2D eigenvalue weighted by Crippen LogP contribution is -2.49. The number of carbonyl (C=O) groups excluding carboxylic acids is 1. The molecule has 1 saturated heterocycles. The van der Waals surface area contributed by atoms with Crippen molar-refractivity contribution in [3.8, 4) is 11.4 Å². The van der Waals surface area contributed by atoms with E-state index in [1.165, 1.54) is 15.8 Å². The van der Waals surface area contributed by atoms with E-state index in [9.17, 15) is 13.6 Å². The molecule has 3 rings (SSSR count). The molecule has 2 aromatic rings. The van der Waals surface area contributed by atoms with Crippen molar-refractivity contribution in [1.82, 2.24) is 19.9 Å². The van der Waals surface area contributed by atoms with Crippen molar-refractivity contribution in [2.45, 2.75) is 18.9 Å². The summed E-state index contributed by atoms with van der Waals surface area (Å²) in [5.41, 5.74) is 0.779. The van der Waals surface area contributed by atoms with Gasteiger partial charge in [-0.3, -0.25) is 4.79 Å². The Kier molecular flexibility index (Phi) is 5.22. The number of methoxy groups -OCH3 is 1. The molecule has 0 spiro atoms. The molecule has 2 heterocycles. The first-order chi connectivity index (χ1) is 12.1. The third-order valence-corrected chi connectivity index (χ3v) is 3.97. The van der Waals surface area contributed by atoms with Crippen LogP contribution in [0.5, 0.6) is 5.75 Å². The van der Waals surface area contributed by atoms with Gasteiger partial charge >= 0.3 is 0 Å². The van der Waals surface area contributed by atoms with Gasteiger partial charge in [-0.05, 0) is 12.1 Å². The Balaban J connectivity index is 1.79. The smallest absolute Gasteiger partial charge is 0.276 e. The van der Waals surface area contributed by atoms with Gasteiger partial charge in [-0.2, -0.15) is 0 Å². The van der Waals surface area contributed by atoms with Crippen LogP contribution in [0.4, 0.5) is 8.78 Å². The van der Waals surface area contributed by atoms with Crippen LogP contribution in [0, 0.1) is 0 Å². The molecular weight excluding hydrogens is 334 g/mol. The summed E-state index contributed by atoms with van der Waals surface area (Å²) in [5, 5.41) is 7.84. The summed E-state index contributed by atoms with van der Waals surface area (Å²) >= 11 is 0. The number of alkyl halides is 2. The van der Waals surface area contributed by atoms with Crippen LogP contribution < -0.4 is 4.74 Å². The molecule has 134 valence electrons. The van der Waals surface area contributed by atoms with Gasteiger partial charge in [0.05, 0.1) is 38.2 Å². The first kappa shape index (κ1) is 17.3. The van der Waals surface area contributed by atoms with Crippen LogP contribution in [-0.4, -0.2) is 65.1 Å². The maximum Gasteiger partial charge on any atom is 0.276 e. The number of hydrogen-bond acceptors (Lipinski definition) is 5. The molecule has 0 bridgehead atoms. The summed E-state index contributed by atoms with van der Waals surface area (Å²) < 4.78 is 37.3. The van der Waals surface area contributed by atoms with E-state index < -0.39 is 24.8 Å². The molecule has 25 heavy (non-hydrogen) atoms. The second kappa shape index (κ2) is 7.56. The lowest BCUT2D eigenvalue weighted by atomic mass is 10.1. The molecule has 0 saturated carbocycles. The number of hydrogen-bond donors (Lipinski definition) is 0. The highest BCUT2D eigenvalue weighted by atomic mass is 19.3. The maximum absolute atomic E-state index is 12.7. The Morgan fingerprint density at radius 2 is 2.32 bits per heavy atom. The second-order valence-electron chi connectivity index (χ2n) is 5.60. The average molecular weight is 352 g/mol. The minimum Gasteiger partial charge on any atom is -0.497 e. The van der Waals surface area contributed by atoms with Gasteiger partial charge in [-0.15, -0.1) is 5.10 Å². The number of halogens is 2. The van der Waals surface area contributed by atoms with Crippen molar-refractivity contribution < 1.29 is 23.0 Å². The van der Waals surface area contributed by atoms with Gasteiger partial charge in [0.1, 0.15) is 5.75 Å². The third-order valence-electron chi connectivity index (χ3n) is 3.97. The quantitative estimate of drug-likeness (QED) is 0.820. The fourth-order valence-electron chi connectivity index (χ4n) is 2.71. The molecule has 1 unspecified atom stereocenters. The van der Waals surface area contributed by atoms with E-state index in [1.54, 1.807) is 31.4 Å². The molecule has 7 nitrogen and oxygen atoms in total. The molecule has 0 radical (unpaired) electrons. The Morgan fingerprint density at radius 1 is 1.48 bits per heavy atom. The zero-order valence-electron chi connectivity index (χ0n) is 13.6. The maximum atomic E-state index is 12.7. The predicted molar refractivity (Wildman–Crippen MR) is 84.2 cm³/mol. The standard InChI is InChI=1S/C16H18F2N4O3/c1-24-13-4-2-3-11(7-13)22-9-14(19-20-22)16(23)21-5-6-25-10-12(21)8-15(17)18/h2-4,7,9,12,15H,5-6,8,10H2,1H3. The van der Waals surface area contributed by atoms with Crippen LogP contribution in [0.15, 0.2) is 30.5 Å². The van der Waals surface area contributed by atoms with Crippen molar-refractivity contribution in [2.75, 3.05) is 26.9 Å². The Labute approximate surface area is 143 Å². The lowest BCUT2D eigenvalue weighted by molar-refractivity contribution is -0.0218. The summed E-state index contributed by atoms with van der Waals surface area (Å²) in [4.78, 5) is 14.0. The first-order valence-electron chi connectivity index (χ1n) is 7.82. The minimum atomic E-state index is -2.51. The molecular formula is C16H18F2N4O3. The summed E-state index contributed by atoms with van der Waals surface area (Å²) in [5.74, 6) is 0.217. The van der Waals surface area contributed by atoms with Crippen molar-refractivity contribution >= 4 is 5.91 Å². The highest BCUT2D eigenvalue weighted by Gasteiger charge is 2.31. The molecule has 0 N–H and O–H groups in total. The molecule has 1 atom stereocenters. The van der Waals surface area contributed by atoms with E-state index in [-0.39, 0.29) is 18.8 Å². The topological polar surface area (TPSA) is 69.5 Å². The Morgan fingerprint density at radius 3 is 3.08 bits per heavy atom. The van der Waals surface area contributed by atoms with E-state index in [1.807, 2.05) is 0 Å². The van der Waals surface area contributed by atoms with Gasteiger partial charge in [0.2, 0.25) is 6.43 Å². The van der Waals surface area contributed by atoms with Crippen LogP contribution in [0.25, 0.3) is 5.69 Å². The van der Waals surface area contributed by atoms with E-state index in [4.69, 9.17) is 9.47 Å². The van der Waals surface area contributed by atoms with Crippen molar-refractivity contribution in [3.63, 3.8) is 0 Å². The molecule has 9 heteroatoms. The second-order valence-corrected chi connectivity index (χ2v) is 5.60. The first-order valence-corrected chi connectivity index (χ1v) is 7.82. The zero-order valence-corrected chi connectivity index (χ0v) is 13.6. The predicted octanol–water partition coefficient (Wildman–Crippen LogP) is 1.77. The van der Waals surface area contributed by atoms with Crippen LogP contribution in [0.1, 0.15) is 16.9 Å². The zero-order chi connectivity index (χ0) is 17.8. The largest absolute Gasteiger partial charge is 0.497 e. The fraction of sp³-hybridized carbons (Fsp3) is 0.438. The molecule has 1 aliphatic rings. The molecule has 1 fully saturated rings. The van der Waals surface area contributed by atoms with Crippen LogP contribution in [-0.2, 0) is 4.74 Å².